The molecule has 2 N–H and O–H groups in total. The van der Waals surface area contributed by atoms with Gasteiger partial charge in [-0.3, -0.25) is 4.79 Å². The molecule has 11 heteroatoms. The number of urea groups is 1. The molecule has 3 aromatic rings. The van der Waals surface area contributed by atoms with Crippen molar-refractivity contribution in [1.29, 1.82) is 0 Å². The summed E-state index contributed by atoms with van der Waals surface area (Å²) in [6.45, 7) is 1.03. The van der Waals surface area contributed by atoms with Crippen LogP contribution in [0.25, 0.3) is 0 Å². The number of nitrogens with zero attached hydrogens (tertiary/aromatic N) is 3. The minimum absolute atomic E-state index is 0.155. The molecule has 3 amide bonds. The standard InChI is InChI=1S/C22H20FN5O4S/c23-14-5-3-13(4-6-14)11-24-22(30)28-9-1-2-16(28)20-26-27-21(33-20)19(29)25-15-7-8-17-18(10-15)32-12-31-17/h3-8,10,16H,1-2,9,11-12H2,(H,24,30)(H,25,29). The third-order valence-electron chi connectivity index (χ3n) is 5.42. The van der Waals surface area contributed by atoms with Crippen LogP contribution in [-0.4, -0.2) is 40.4 Å². The van der Waals surface area contributed by atoms with Crippen LogP contribution in [0.15, 0.2) is 42.5 Å². The van der Waals surface area contributed by atoms with Gasteiger partial charge in [-0.1, -0.05) is 23.5 Å². The zero-order chi connectivity index (χ0) is 22.8. The van der Waals surface area contributed by atoms with Crippen molar-refractivity contribution in [2.45, 2.75) is 25.4 Å². The number of halogens is 1. The molecule has 5 rings (SSSR count). The van der Waals surface area contributed by atoms with Crippen molar-refractivity contribution in [3.05, 3.63) is 63.9 Å². The van der Waals surface area contributed by atoms with E-state index in [1.165, 1.54) is 23.5 Å². The second-order valence-electron chi connectivity index (χ2n) is 7.60. The summed E-state index contributed by atoms with van der Waals surface area (Å²) in [6, 6.07) is 10.6. The quantitative estimate of drug-likeness (QED) is 0.590. The summed E-state index contributed by atoms with van der Waals surface area (Å²) >= 11 is 1.17. The van der Waals surface area contributed by atoms with Gasteiger partial charge in [0.05, 0.1) is 6.04 Å². The number of nitrogens with one attached hydrogen (secondary N) is 2. The van der Waals surface area contributed by atoms with Crippen LogP contribution in [0.1, 0.15) is 39.3 Å². The van der Waals surface area contributed by atoms with Crippen LogP contribution >= 0.6 is 11.3 Å². The average molecular weight is 469 g/mol. The van der Waals surface area contributed by atoms with Gasteiger partial charge in [-0.2, -0.15) is 0 Å². The molecular weight excluding hydrogens is 449 g/mol. The van der Waals surface area contributed by atoms with Crippen LogP contribution in [0.4, 0.5) is 14.9 Å². The van der Waals surface area contributed by atoms with Gasteiger partial charge in [-0.25, -0.2) is 9.18 Å². The van der Waals surface area contributed by atoms with E-state index in [4.69, 9.17) is 9.47 Å². The summed E-state index contributed by atoms with van der Waals surface area (Å²) in [4.78, 5) is 27.1. The molecule has 0 saturated carbocycles. The first-order chi connectivity index (χ1) is 16.1. The Balaban J connectivity index is 1.22. The van der Waals surface area contributed by atoms with Gasteiger partial charge in [-0.05, 0) is 42.7 Å². The number of amides is 3. The number of benzene rings is 2. The second-order valence-corrected chi connectivity index (χ2v) is 8.61. The first kappa shape index (κ1) is 21.1. The molecule has 1 unspecified atom stereocenters. The fourth-order valence-corrected chi connectivity index (χ4v) is 4.65. The van der Waals surface area contributed by atoms with E-state index in [0.717, 1.165) is 18.4 Å². The fraction of sp³-hybridized carbons (Fsp3) is 0.273. The number of ether oxygens (including phenoxy) is 2. The summed E-state index contributed by atoms with van der Waals surface area (Å²) < 4.78 is 23.7. The van der Waals surface area contributed by atoms with E-state index in [-0.39, 0.29) is 35.6 Å². The molecule has 1 aromatic heterocycles. The average Bonchev–Trinajstić information content (AvgIpc) is 3.58. The maximum Gasteiger partial charge on any atom is 0.318 e. The van der Waals surface area contributed by atoms with E-state index < -0.39 is 0 Å². The maximum atomic E-state index is 13.1. The largest absolute Gasteiger partial charge is 0.454 e. The van der Waals surface area contributed by atoms with E-state index in [1.807, 2.05) is 0 Å². The molecule has 33 heavy (non-hydrogen) atoms. The van der Waals surface area contributed by atoms with Crippen molar-refractivity contribution in [2.24, 2.45) is 0 Å². The topological polar surface area (TPSA) is 106 Å². The summed E-state index contributed by atoms with van der Waals surface area (Å²) in [5.74, 6) is 0.492. The Hall–Kier alpha value is -3.73. The van der Waals surface area contributed by atoms with Gasteiger partial charge >= 0.3 is 6.03 Å². The van der Waals surface area contributed by atoms with Crippen LogP contribution in [0.3, 0.4) is 0 Å². The SMILES string of the molecule is O=C(Nc1ccc2c(c1)OCO2)c1nnc(C2CCCN2C(=O)NCc2ccc(F)cc2)s1. The maximum absolute atomic E-state index is 13.1. The highest BCUT2D eigenvalue weighted by Gasteiger charge is 2.33. The Bertz CT molecular complexity index is 1190. The summed E-state index contributed by atoms with van der Waals surface area (Å²) in [5.41, 5.74) is 1.36. The van der Waals surface area contributed by atoms with Gasteiger partial charge in [0.25, 0.3) is 5.91 Å². The van der Waals surface area contributed by atoms with Crippen molar-refractivity contribution >= 4 is 29.0 Å². The molecule has 2 aliphatic rings. The van der Waals surface area contributed by atoms with Gasteiger partial charge in [0.15, 0.2) is 11.5 Å². The van der Waals surface area contributed by atoms with Crippen LogP contribution < -0.4 is 20.1 Å². The Kier molecular flexibility index (Phi) is 5.78. The summed E-state index contributed by atoms with van der Waals surface area (Å²) in [6.07, 6.45) is 1.56. The Morgan fingerprint density at radius 1 is 1.12 bits per heavy atom. The van der Waals surface area contributed by atoms with E-state index in [1.54, 1.807) is 35.2 Å². The zero-order valence-corrected chi connectivity index (χ0v) is 18.2. The van der Waals surface area contributed by atoms with Crippen LogP contribution in [0.5, 0.6) is 11.5 Å². The van der Waals surface area contributed by atoms with Crippen molar-refractivity contribution in [3.8, 4) is 11.5 Å². The number of fused-ring (bicyclic) bond motifs is 1. The molecule has 1 atom stereocenters. The lowest BCUT2D eigenvalue weighted by atomic mass is 10.2. The van der Waals surface area contributed by atoms with E-state index in [9.17, 15) is 14.0 Å². The van der Waals surface area contributed by atoms with Gasteiger partial charge in [0.2, 0.25) is 11.8 Å². The Morgan fingerprint density at radius 2 is 1.94 bits per heavy atom. The van der Waals surface area contributed by atoms with Gasteiger partial charge < -0.3 is 25.0 Å². The number of hydrogen-bond acceptors (Lipinski definition) is 7. The summed E-state index contributed by atoms with van der Waals surface area (Å²) in [5, 5.41) is 14.7. The lowest BCUT2D eigenvalue weighted by molar-refractivity contribution is 0.102. The molecule has 0 radical (unpaired) electrons. The monoisotopic (exact) mass is 469 g/mol. The third kappa shape index (κ3) is 4.58. The minimum Gasteiger partial charge on any atom is -0.454 e. The minimum atomic E-state index is -0.386. The third-order valence-corrected chi connectivity index (χ3v) is 6.44. The molecule has 0 bridgehead atoms. The molecule has 2 aromatic carbocycles. The van der Waals surface area contributed by atoms with Crippen LogP contribution in [-0.2, 0) is 6.54 Å². The van der Waals surface area contributed by atoms with E-state index in [2.05, 4.69) is 20.8 Å². The second kappa shape index (κ2) is 9.02. The van der Waals surface area contributed by atoms with Crippen molar-refractivity contribution in [2.75, 3.05) is 18.7 Å². The molecule has 0 aliphatic carbocycles. The highest BCUT2D eigenvalue weighted by molar-refractivity contribution is 7.13. The number of aromatic nitrogens is 2. The van der Waals surface area contributed by atoms with E-state index >= 15 is 0 Å². The molecule has 3 heterocycles. The molecule has 0 spiro atoms. The number of rotatable bonds is 5. The van der Waals surface area contributed by atoms with Gasteiger partial charge in [0, 0.05) is 24.8 Å². The molecule has 9 nitrogen and oxygen atoms in total. The first-order valence-electron chi connectivity index (χ1n) is 10.4. The Morgan fingerprint density at radius 3 is 2.79 bits per heavy atom. The fourth-order valence-electron chi connectivity index (χ4n) is 3.77. The summed E-state index contributed by atoms with van der Waals surface area (Å²) in [7, 11) is 0. The van der Waals surface area contributed by atoms with Gasteiger partial charge in [-0.15, -0.1) is 10.2 Å². The zero-order valence-electron chi connectivity index (χ0n) is 17.4. The smallest absolute Gasteiger partial charge is 0.318 e. The van der Waals surface area contributed by atoms with Crippen LogP contribution in [0, 0.1) is 5.82 Å². The number of carbonyl (C=O) groups is 2. The molecule has 170 valence electrons. The molecular formula is C22H20FN5O4S. The number of anilines is 1. The molecule has 1 fully saturated rings. The number of carbonyl (C=O) groups excluding carboxylic acids is 2. The lowest BCUT2D eigenvalue weighted by Crippen LogP contribution is -2.39. The normalized spacial score (nSPS) is 16.6. The van der Waals surface area contributed by atoms with Crippen molar-refractivity contribution in [1.82, 2.24) is 20.4 Å². The predicted octanol–water partition coefficient (Wildman–Crippen LogP) is 3.70. The highest BCUT2D eigenvalue weighted by Crippen LogP contribution is 2.35. The predicted molar refractivity (Wildman–Crippen MR) is 118 cm³/mol. The van der Waals surface area contributed by atoms with Gasteiger partial charge in [0.1, 0.15) is 10.8 Å². The highest BCUT2D eigenvalue weighted by atomic mass is 32.1. The Labute approximate surface area is 192 Å². The molecule has 2 aliphatic heterocycles. The van der Waals surface area contributed by atoms with Crippen molar-refractivity contribution in [3.63, 3.8) is 0 Å². The number of hydrogen-bond donors (Lipinski definition) is 2. The van der Waals surface area contributed by atoms with Crippen molar-refractivity contribution < 1.29 is 23.5 Å². The van der Waals surface area contributed by atoms with E-state index in [0.29, 0.717) is 35.3 Å². The molecule has 1 saturated heterocycles. The first-order valence-corrected chi connectivity index (χ1v) is 11.2. The number of likely N-dealkylation sites (tertiary alicyclic amines) is 1. The lowest BCUT2D eigenvalue weighted by Gasteiger charge is -2.23. The van der Waals surface area contributed by atoms with Crippen LogP contribution in [0.2, 0.25) is 0 Å².